The van der Waals surface area contributed by atoms with Crippen LogP contribution in [0.4, 0.5) is 8.63 Å². The van der Waals surface area contributed by atoms with Crippen LogP contribution in [-0.4, -0.2) is 14.1 Å². The third-order valence-corrected chi connectivity index (χ3v) is 0.293. The van der Waals surface area contributed by atoms with Gasteiger partial charge in [0.2, 0.25) is 0 Å². The highest BCUT2D eigenvalue weighted by atomic mass is 19.2. The molecule has 0 aliphatic carbocycles. The molecule has 36 valence electrons. The van der Waals surface area contributed by atoms with Gasteiger partial charge in [0.05, 0.1) is 0 Å². The molecule has 0 fully saturated rings. The SMILES string of the molecule is CCOB(F)F. The van der Waals surface area contributed by atoms with Crippen LogP contribution >= 0.6 is 0 Å². The highest BCUT2D eigenvalue weighted by molar-refractivity contribution is 6.34. The van der Waals surface area contributed by atoms with E-state index in [0.29, 0.717) is 0 Å². The molecule has 0 aromatic rings. The van der Waals surface area contributed by atoms with Crippen LogP contribution in [0.5, 0.6) is 0 Å². The van der Waals surface area contributed by atoms with Gasteiger partial charge in [0.25, 0.3) is 0 Å². The van der Waals surface area contributed by atoms with Crippen LogP contribution in [0.15, 0.2) is 0 Å². The van der Waals surface area contributed by atoms with Crippen LogP contribution < -0.4 is 0 Å². The van der Waals surface area contributed by atoms with Crippen molar-refractivity contribution >= 4 is 7.47 Å². The smallest absolute Gasteiger partial charge is 0.379 e. The first-order valence-electron chi connectivity index (χ1n) is 1.67. The molecule has 0 aromatic carbocycles. The molecule has 4 heteroatoms. The number of hydrogen-bond acceptors (Lipinski definition) is 1. The summed E-state index contributed by atoms with van der Waals surface area (Å²) < 4.78 is 25.3. The Labute approximate surface area is 35.5 Å². The zero-order valence-corrected chi connectivity index (χ0v) is 3.45. The summed E-state index contributed by atoms with van der Waals surface area (Å²) >= 11 is 0. The van der Waals surface area contributed by atoms with E-state index in [2.05, 4.69) is 4.65 Å². The fourth-order valence-corrected chi connectivity index (χ4v) is 0.126. The van der Waals surface area contributed by atoms with Gasteiger partial charge in [-0.05, 0) is 6.92 Å². The van der Waals surface area contributed by atoms with E-state index in [1.807, 2.05) is 0 Å². The first kappa shape index (κ1) is 5.88. The zero-order valence-electron chi connectivity index (χ0n) is 3.45. The van der Waals surface area contributed by atoms with Crippen molar-refractivity contribution in [3.8, 4) is 0 Å². The van der Waals surface area contributed by atoms with Crippen LogP contribution in [0.25, 0.3) is 0 Å². The summed E-state index contributed by atoms with van der Waals surface area (Å²) in [4.78, 5) is 0. The Hall–Kier alpha value is -0.115. The fraction of sp³-hybridized carbons (Fsp3) is 1.00. The average Bonchev–Trinajstić information content (AvgIpc) is 1.35. The van der Waals surface area contributed by atoms with Gasteiger partial charge in [-0.2, -0.15) is 0 Å². The first-order chi connectivity index (χ1) is 2.77. The lowest BCUT2D eigenvalue weighted by atomic mass is 10.4. The summed E-state index contributed by atoms with van der Waals surface area (Å²) in [7, 11) is -2.60. The van der Waals surface area contributed by atoms with Crippen molar-refractivity contribution in [3.63, 3.8) is 0 Å². The molecule has 0 aliphatic heterocycles. The Morgan fingerprint density at radius 1 is 1.67 bits per heavy atom. The Balaban J connectivity index is 2.63. The topological polar surface area (TPSA) is 9.23 Å². The van der Waals surface area contributed by atoms with Crippen molar-refractivity contribution < 1.29 is 13.3 Å². The van der Waals surface area contributed by atoms with Crippen molar-refractivity contribution in [2.45, 2.75) is 6.92 Å². The fourth-order valence-electron chi connectivity index (χ4n) is 0.126. The van der Waals surface area contributed by atoms with Crippen LogP contribution in [0.3, 0.4) is 0 Å². The number of rotatable bonds is 2. The summed E-state index contributed by atoms with van der Waals surface area (Å²) in [5.74, 6) is 0. The standard InChI is InChI=1S/C2H5BF2O/c1-2-6-3(4)5/h2H2,1H3. The van der Waals surface area contributed by atoms with Crippen molar-refractivity contribution in [3.05, 3.63) is 0 Å². The molecule has 0 unspecified atom stereocenters. The van der Waals surface area contributed by atoms with E-state index in [4.69, 9.17) is 0 Å². The lowest BCUT2D eigenvalue weighted by molar-refractivity contribution is 0.272. The first-order valence-corrected chi connectivity index (χ1v) is 1.67. The van der Waals surface area contributed by atoms with Crippen molar-refractivity contribution in [2.75, 3.05) is 6.61 Å². The lowest BCUT2D eigenvalue weighted by Crippen LogP contribution is -2.02. The molecule has 0 atom stereocenters. The predicted molar refractivity (Wildman–Crippen MR) is 19.6 cm³/mol. The Morgan fingerprint density at radius 3 is 2.17 bits per heavy atom. The van der Waals surface area contributed by atoms with E-state index in [9.17, 15) is 8.63 Å². The van der Waals surface area contributed by atoms with Crippen LogP contribution in [0, 0.1) is 0 Å². The quantitative estimate of drug-likeness (QED) is 0.462. The van der Waals surface area contributed by atoms with Gasteiger partial charge in [0.15, 0.2) is 0 Å². The largest absolute Gasteiger partial charge is 0.721 e. The van der Waals surface area contributed by atoms with E-state index in [1.54, 1.807) is 0 Å². The Bertz CT molecular complexity index is 32.7. The molecule has 0 spiro atoms. The molecule has 0 bridgehead atoms. The summed E-state index contributed by atoms with van der Waals surface area (Å²) in [6, 6.07) is 0. The maximum Gasteiger partial charge on any atom is 0.721 e. The van der Waals surface area contributed by atoms with Gasteiger partial charge in [0.1, 0.15) is 0 Å². The van der Waals surface area contributed by atoms with Gasteiger partial charge >= 0.3 is 7.47 Å². The molecule has 1 nitrogen and oxygen atoms in total. The van der Waals surface area contributed by atoms with Crippen molar-refractivity contribution in [1.82, 2.24) is 0 Å². The molecule has 0 saturated carbocycles. The van der Waals surface area contributed by atoms with Gasteiger partial charge < -0.3 is 4.65 Å². The second kappa shape index (κ2) is 3.09. The molecule has 0 N–H and O–H groups in total. The van der Waals surface area contributed by atoms with Gasteiger partial charge in [-0.25, -0.2) is 0 Å². The van der Waals surface area contributed by atoms with Crippen molar-refractivity contribution in [2.24, 2.45) is 0 Å². The minimum absolute atomic E-state index is 0.0810. The summed E-state index contributed by atoms with van der Waals surface area (Å²) in [6.45, 7) is 1.60. The maximum absolute atomic E-state index is 10.8. The molecule has 6 heavy (non-hydrogen) atoms. The normalized spacial score (nSPS) is 8.50. The number of halogens is 2. The summed E-state index contributed by atoms with van der Waals surface area (Å²) in [5.41, 5.74) is 0. The van der Waals surface area contributed by atoms with Crippen LogP contribution in [0.1, 0.15) is 6.92 Å². The second-order valence-electron chi connectivity index (χ2n) is 0.716. The second-order valence-corrected chi connectivity index (χ2v) is 0.716. The van der Waals surface area contributed by atoms with E-state index >= 15 is 0 Å². The zero-order chi connectivity index (χ0) is 4.99. The van der Waals surface area contributed by atoms with Crippen LogP contribution in [-0.2, 0) is 4.65 Å². The molecular weight excluding hydrogens is 88.8 g/mol. The molecule has 0 radical (unpaired) electrons. The van der Waals surface area contributed by atoms with Gasteiger partial charge in [-0.3, -0.25) is 8.63 Å². The highest BCUT2D eigenvalue weighted by Gasteiger charge is 2.11. The van der Waals surface area contributed by atoms with Crippen LogP contribution in [0.2, 0.25) is 0 Å². The molecular formula is C2H5BF2O. The summed E-state index contributed by atoms with van der Waals surface area (Å²) in [5, 5.41) is 0. The third kappa shape index (κ3) is 3.88. The molecule has 0 rings (SSSR count). The van der Waals surface area contributed by atoms with Crippen molar-refractivity contribution in [1.29, 1.82) is 0 Å². The van der Waals surface area contributed by atoms with E-state index in [1.165, 1.54) is 6.92 Å². The lowest BCUT2D eigenvalue weighted by Gasteiger charge is -1.86. The minimum Gasteiger partial charge on any atom is -0.379 e. The Kier molecular flexibility index (Phi) is 3.03. The monoisotopic (exact) mass is 94.0 g/mol. The molecule has 0 amide bonds. The van der Waals surface area contributed by atoms with Gasteiger partial charge in [-0.15, -0.1) is 0 Å². The summed E-state index contributed by atoms with van der Waals surface area (Å²) in [6.07, 6.45) is 0. The molecule has 0 saturated heterocycles. The van der Waals surface area contributed by atoms with Gasteiger partial charge in [-0.1, -0.05) is 0 Å². The Morgan fingerprint density at radius 2 is 2.17 bits per heavy atom. The van der Waals surface area contributed by atoms with E-state index in [-0.39, 0.29) is 6.61 Å². The predicted octanol–water partition coefficient (Wildman–Crippen LogP) is 0.947. The molecule has 0 aliphatic rings. The molecule has 0 heterocycles. The average molecular weight is 93.9 g/mol. The maximum atomic E-state index is 10.8. The van der Waals surface area contributed by atoms with E-state index < -0.39 is 7.47 Å². The van der Waals surface area contributed by atoms with E-state index in [0.717, 1.165) is 0 Å². The third-order valence-electron chi connectivity index (χ3n) is 0.293. The molecule has 0 aromatic heterocycles. The van der Waals surface area contributed by atoms with Gasteiger partial charge in [0, 0.05) is 6.61 Å². The highest BCUT2D eigenvalue weighted by Crippen LogP contribution is 1.84. The minimum atomic E-state index is -2.60. The number of hydrogen-bond donors (Lipinski definition) is 0.